The Morgan fingerprint density at radius 1 is 0.476 bits per heavy atom. The molecule has 0 radical (unpaired) electrons. The van der Waals surface area contributed by atoms with Gasteiger partial charge in [0.15, 0.2) is 0 Å². The maximum atomic E-state index is 5.36. The summed E-state index contributed by atoms with van der Waals surface area (Å²) in [5.74, 6) is 0.896. The largest absolute Gasteiger partial charge is 0.280 e. The van der Waals surface area contributed by atoms with Gasteiger partial charge in [-0.1, -0.05) is 109 Å². The Balaban J connectivity index is 1.37. The minimum atomic E-state index is 0.896. The SMILES string of the molecule is c1ccc2c(c1)-c1cccc3cc(N4c5ccccc5-c5ccc6ccccc6c5-n5c4nc4ccccc45)cc-2c13. The van der Waals surface area contributed by atoms with Crippen molar-refractivity contribution in [1.82, 2.24) is 9.55 Å². The monoisotopic (exact) mass is 533 g/mol. The first kappa shape index (κ1) is 22.1. The van der Waals surface area contributed by atoms with Gasteiger partial charge in [-0.3, -0.25) is 9.47 Å². The summed E-state index contributed by atoms with van der Waals surface area (Å²) in [6.07, 6.45) is 0. The predicted octanol–water partition coefficient (Wildman–Crippen LogP) is 10.4. The second kappa shape index (κ2) is 7.96. The van der Waals surface area contributed by atoms with Gasteiger partial charge in [0.05, 0.1) is 28.1 Å². The molecule has 0 atom stereocenters. The first-order chi connectivity index (χ1) is 20.8. The first-order valence-corrected chi connectivity index (χ1v) is 14.4. The highest BCUT2D eigenvalue weighted by Crippen LogP contribution is 2.53. The van der Waals surface area contributed by atoms with Crippen LogP contribution in [0.1, 0.15) is 0 Å². The summed E-state index contributed by atoms with van der Waals surface area (Å²) in [6, 6.07) is 50.6. The lowest BCUT2D eigenvalue weighted by Gasteiger charge is -2.25. The average Bonchev–Trinajstić information content (AvgIpc) is 3.54. The number of hydrogen-bond donors (Lipinski definition) is 0. The maximum Gasteiger partial charge on any atom is 0.220 e. The fourth-order valence-corrected chi connectivity index (χ4v) is 7.29. The molecular weight excluding hydrogens is 510 g/mol. The second-order valence-corrected chi connectivity index (χ2v) is 11.2. The van der Waals surface area contributed by atoms with E-state index in [1.165, 1.54) is 60.6 Å². The van der Waals surface area contributed by atoms with Crippen molar-refractivity contribution in [2.24, 2.45) is 0 Å². The van der Waals surface area contributed by atoms with E-state index in [2.05, 4.69) is 149 Å². The number of nitrogens with zero attached hydrogens (tertiary/aromatic N) is 3. The summed E-state index contributed by atoms with van der Waals surface area (Å²) < 4.78 is 2.38. The van der Waals surface area contributed by atoms with Crippen molar-refractivity contribution < 1.29 is 0 Å². The van der Waals surface area contributed by atoms with Crippen LogP contribution in [0, 0.1) is 0 Å². The van der Waals surface area contributed by atoms with E-state index in [1.54, 1.807) is 0 Å². The van der Waals surface area contributed by atoms with Crippen LogP contribution in [-0.4, -0.2) is 9.55 Å². The molecule has 0 amide bonds. The Kier molecular flexibility index (Phi) is 4.18. The van der Waals surface area contributed by atoms with Gasteiger partial charge in [0.1, 0.15) is 0 Å². The molecule has 0 saturated heterocycles. The zero-order chi connectivity index (χ0) is 27.4. The van der Waals surface area contributed by atoms with Crippen LogP contribution in [0.4, 0.5) is 17.3 Å². The Morgan fingerprint density at radius 2 is 1.19 bits per heavy atom. The zero-order valence-electron chi connectivity index (χ0n) is 22.6. The van der Waals surface area contributed by atoms with Crippen LogP contribution in [0.3, 0.4) is 0 Å². The fourth-order valence-electron chi connectivity index (χ4n) is 7.29. The van der Waals surface area contributed by atoms with Gasteiger partial charge in [-0.25, -0.2) is 4.98 Å². The Labute approximate surface area is 242 Å². The van der Waals surface area contributed by atoms with E-state index < -0.39 is 0 Å². The van der Waals surface area contributed by atoms with E-state index in [1.807, 2.05) is 0 Å². The van der Waals surface area contributed by atoms with Gasteiger partial charge in [-0.15, -0.1) is 0 Å². The smallest absolute Gasteiger partial charge is 0.220 e. The molecule has 1 aromatic heterocycles. The Morgan fingerprint density at radius 3 is 2.12 bits per heavy atom. The molecule has 3 nitrogen and oxygen atoms in total. The second-order valence-electron chi connectivity index (χ2n) is 11.2. The minimum Gasteiger partial charge on any atom is -0.280 e. The number of anilines is 3. The van der Waals surface area contributed by atoms with Crippen molar-refractivity contribution in [3.8, 4) is 39.1 Å². The molecule has 8 aromatic rings. The van der Waals surface area contributed by atoms with Gasteiger partial charge in [0, 0.05) is 16.5 Å². The Bertz CT molecular complexity index is 2430. The molecule has 7 aromatic carbocycles. The van der Waals surface area contributed by atoms with Crippen LogP contribution in [0.2, 0.25) is 0 Å². The topological polar surface area (TPSA) is 21.1 Å². The molecule has 1 aliphatic carbocycles. The quantitative estimate of drug-likeness (QED) is 0.209. The third kappa shape index (κ3) is 2.77. The fraction of sp³-hybridized carbons (Fsp3) is 0. The maximum absolute atomic E-state index is 5.36. The van der Waals surface area contributed by atoms with E-state index >= 15 is 0 Å². The average molecular weight is 534 g/mol. The highest BCUT2D eigenvalue weighted by molar-refractivity contribution is 6.17. The van der Waals surface area contributed by atoms with Crippen molar-refractivity contribution >= 4 is 49.9 Å². The molecule has 0 bridgehead atoms. The van der Waals surface area contributed by atoms with E-state index in [0.29, 0.717) is 0 Å². The van der Waals surface area contributed by atoms with Gasteiger partial charge in [0.2, 0.25) is 5.95 Å². The lowest BCUT2D eigenvalue weighted by molar-refractivity contribution is 1.06. The molecule has 0 unspecified atom stereocenters. The normalized spacial score (nSPS) is 12.7. The number of benzene rings is 7. The van der Waals surface area contributed by atoms with Crippen LogP contribution in [0.25, 0.3) is 71.6 Å². The minimum absolute atomic E-state index is 0.896. The van der Waals surface area contributed by atoms with Gasteiger partial charge >= 0.3 is 0 Å². The van der Waals surface area contributed by atoms with E-state index in [-0.39, 0.29) is 0 Å². The number of aromatic nitrogens is 2. The van der Waals surface area contributed by atoms with Crippen molar-refractivity contribution in [3.05, 3.63) is 140 Å². The molecule has 0 saturated carbocycles. The predicted molar refractivity (Wildman–Crippen MR) is 174 cm³/mol. The molecule has 3 heteroatoms. The number of para-hydroxylation sites is 3. The standard InChI is InChI=1S/C39H23N3/c1-2-12-27-24(10-1)20-21-32-30-15-5-7-18-35(30)41(39-40-34-17-6-8-19-36(34)42(39)38(27)32)26-22-25-11-9-16-31-28-13-3-4-14-29(28)33(23-26)37(25)31/h1-23H. The molecule has 0 fully saturated rings. The van der Waals surface area contributed by atoms with Gasteiger partial charge < -0.3 is 0 Å². The summed E-state index contributed by atoms with van der Waals surface area (Å²) in [5.41, 5.74) is 13.1. The third-order valence-corrected chi connectivity index (χ3v) is 9.03. The molecule has 194 valence electrons. The van der Waals surface area contributed by atoms with Crippen LogP contribution < -0.4 is 4.90 Å². The molecule has 42 heavy (non-hydrogen) atoms. The molecule has 0 spiro atoms. The molecule has 10 rings (SSSR count). The van der Waals surface area contributed by atoms with E-state index in [0.717, 1.165) is 28.4 Å². The zero-order valence-corrected chi connectivity index (χ0v) is 22.6. The highest BCUT2D eigenvalue weighted by atomic mass is 15.3. The van der Waals surface area contributed by atoms with Crippen LogP contribution in [0.5, 0.6) is 0 Å². The summed E-state index contributed by atoms with van der Waals surface area (Å²) in [5, 5.41) is 5.00. The van der Waals surface area contributed by atoms with E-state index in [9.17, 15) is 0 Å². The number of rotatable bonds is 1. The number of imidazole rings is 1. The molecule has 2 aliphatic rings. The Hall–Kier alpha value is -5.67. The van der Waals surface area contributed by atoms with Crippen molar-refractivity contribution in [2.75, 3.05) is 4.90 Å². The summed E-state index contributed by atoms with van der Waals surface area (Å²) in [7, 11) is 0. The molecule has 2 heterocycles. The van der Waals surface area contributed by atoms with Crippen molar-refractivity contribution in [1.29, 1.82) is 0 Å². The molecular formula is C39H23N3. The van der Waals surface area contributed by atoms with Gasteiger partial charge in [-0.05, 0) is 68.7 Å². The molecule has 0 N–H and O–H groups in total. The highest BCUT2D eigenvalue weighted by Gasteiger charge is 2.31. The number of fused-ring (bicyclic) bond motifs is 12. The van der Waals surface area contributed by atoms with Crippen LogP contribution in [0.15, 0.2) is 140 Å². The lowest BCUT2D eigenvalue weighted by atomic mass is 9.96. The van der Waals surface area contributed by atoms with E-state index in [4.69, 9.17) is 4.98 Å². The van der Waals surface area contributed by atoms with Crippen LogP contribution >= 0.6 is 0 Å². The van der Waals surface area contributed by atoms with Crippen LogP contribution in [-0.2, 0) is 0 Å². The summed E-state index contributed by atoms with van der Waals surface area (Å²) in [6.45, 7) is 0. The first-order valence-electron chi connectivity index (χ1n) is 14.4. The number of hydrogen-bond acceptors (Lipinski definition) is 2. The van der Waals surface area contributed by atoms with Gasteiger partial charge in [-0.2, -0.15) is 0 Å². The third-order valence-electron chi connectivity index (χ3n) is 9.03. The lowest BCUT2D eigenvalue weighted by Crippen LogP contribution is -2.14. The summed E-state index contributed by atoms with van der Waals surface area (Å²) in [4.78, 5) is 7.73. The van der Waals surface area contributed by atoms with Crippen molar-refractivity contribution in [3.63, 3.8) is 0 Å². The molecule has 1 aliphatic heterocycles. The van der Waals surface area contributed by atoms with Gasteiger partial charge in [0.25, 0.3) is 0 Å². The summed E-state index contributed by atoms with van der Waals surface area (Å²) >= 11 is 0. The van der Waals surface area contributed by atoms with Crippen molar-refractivity contribution in [2.45, 2.75) is 0 Å².